The van der Waals surface area contributed by atoms with Gasteiger partial charge >= 0.3 is 5.97 Å². The van der Waals surface area contributed by atoms with Crippen molar-refractivity contribution in [1.29, 1.82) is 0 Å². The quantitative estimate of drug-likeness (QED) is 0.806. The normalized spacial score (nSPS) is 13.9. The van der Waals surface area contributed by atoms with Gasteiger partial charge in [0, 0.05) is 0 Å². The molecule has 1 aromatic carbocycles. The van der Waals surface area contributed by atoms with Crippen molar-refractivity contribution in [2.75, 3.05) is 6.61 Å². The summed E-state index contributed by atoms with van der Waals surface area (Å²) in [5.74, 6) is -1.50. The highest BCUT2D eigenvalue weighted by atomic mass is 19.1. The molecule has 2 atom stereocenters. The Labute approximate surface area is 113 Å². The third kappa shape index (κ3) is 4.03. The molecule has 0 amide bonds. The average molecular weight is 268 g/mol. The molecule has 0 fully saturated rings. The number of carbonyl (C=O) groups excluding carboxylic acids is 1. The zero-order valence-electron chi connectivity index (χ0n) is 11.6. The van der Waals surface area contributed by atoms with Gasteiger partial charge in [0.2, 0.25) is 0 Å². The number of aliphatic hydroxyl groups is 1. The molecule has 4 heteroatoms. The summed E-state index contributed by atoms with van der Waals surface area (Å²) in [6.45, 7) is 5.71. The fourth-order valence-electron chi connectivity index (χ4n) is 2.11. The van der Waals surface area contributed by atoms with E-state index in [2.05, 4.69) is 0 Å². The first-order valence-electron chi connectivity index (χ1n) is 6.62. The van der Waals surface area contributed by atoms with Crippen molar-refractivity contribution in [3.05, 3.63) is 35.1 Å². The fourth-order valence-corrected chi connectivity index (χ4v) is 2.11. The molecule has 0 aliphatic rings. The van der Waals surface area contributed by atoms with Crippen LogP contribution in [0, 0.1) is 18.7 Å². The third-order valence-electron chi connectivity index (χ3n) is 3.13. The van der Waals surface area contributed by atoms with E-state index in [1.165, 1.54) is 12.1 Å². The predicted molar refractivity (Wildman–Crippen MR) is 71.1 cm³/mol. The van der Waals surface area contributed by atoms with Crippen molar-refractivity contribution in [3.63, 3.8) is 0 Å². The van der Waals surface area contributed by atoms with E-state index in [1.54, 1.807) is 19.9 Å². The predicted octanol–water partition coefficient (Wildman–Crippen LogP) is 3.15. The van der Waals surface area contributed by atoms with Crippen LogP contribution in [0.1, 0.15) is 43.9 Å². The highest BCUT2D eigenvalue weighted by Crippen LogP contribution is 2.29. The average Bonchev–Trinajstić information content (AvgIpc) is 2.38. The van der Waals surface area contributed by atoms with E-state index in [1.807, 2.05) is 6.92 Å². The number of hydrogen-bond acceptors (Lipinski definition) is 3. The standard InChI is InChI=1S/C15H21FO3/c1-4-6-12(15(18)19-5-2)14(17)13-9-11(16)8-7-10(13)3/h7-9,12,14,17H,4-6H2,1-3H3. The SMILES string of the molecule is CCCC(C(=O)OCC)C(O)c1cc(F)ccc1C. The van der Waals surface area contributed by atoms with Crippen LogP contribution in [0.15, 0.2) is 18.2 Å². The lowest BCUT2D eigenvalue weighted by atomic mass is 9.89. The maximum Gasteiger partial charge on any atom is 0.311 e. The molecule has 0 spiro atoms. The van der Waals surface area contributed by atoms with Gasteiger partial charge in [-0.1, -0.05) is 19.4 Å². The third-order valence-corrected chi connectivity index (χ3v) is 3.13. The number of esters is 1. The van der Waals surface area contributed by atoms with Gasteiger partial charge in [0.25, 0.3) is 0 Å². The van der Waals surface area contributed by atoms with Gasteiger partial charge in [-0.25, -0.2) is 4.39 Å². The van der Waals surface area contributed by atoms with E-state index >= 15 is 0 Å². The van der Waals surface area contributed by atoms with Gasteiger partial charge < -0.3 is 9.84 Å². The fraction of sp³-hybridized carbons (Fsp3) is 0.533. The van der Waals surface area contributed by atoms with Crippen molar-refractivity contribution in [1.82, 2.24) is 0 Å². The maximum absolute atomic E-state index is 13.3. The molecule has 1 aromatic rings. The van der Waals surface area contributed by atoms with Gasteiger partial charge in [0.15, 0.2) is 0 Å². The Hall–Kier alpha value is -1.42. The topological polar surface area (TPSA) is 46.5 Å². The monoisotopic (exact) mass is 268 g/mol. The second kappa shape index (κ2) is 7.24. The summed E-state index contributed by atoms with van der Waals surface area (Å²) in [6, 6.07) is 4.22. The smallest absolute Gasteiger partial charge is 0.311 e. The van der Waals surface area contributed by atoms with Gasteiger partial charge in [0.05, 0.1) is 18.6 Å². The van der Waals surface area contributed by atoms with E-state index in [9.17, 15) is 14.3 Å². The van der Waals surface area contributed by atoms with Crippen molar-refractivity contribution in [2.24, 2.45) is 5.92 Å². The van der Waals surface area contributed by atoms with Gasteiger partial charge in [-0.05, 0) is 43.5 Å². The van der Waals surface area contributed by atoms with Gasteiger partial charge in [-0.3, -0.25) is 4.79 Å². The molecule has 0 aliphatic heterocycles. The Morgan fingerprint density at radius 3 is 2.68 bits per heavy atom. The number of hydrogen-bond donors (Lipinski definition) is 1. The van der Waals surface area contributed by atoms with E-state index in [4.69, 9.17) is 4.74 Å². The summed E-state index contributed by atoms with van der Waals surface area (Å²) in [4.78, 5) is 11.9. The first-order chi connectivity index (χ1) is 9.01. The number of benzene rings is 1. The zero-order valence-corrected chi connectivity index (χ0v) is 11.6. The van der Waals surface area contributed by atoms with Crippen LogP contribution in [0.25, 0.3) is 0 Å². The Bertz CT molecular complexity index is 431. The second-order valence-corrected chi connectivity index (χ2v) is 4.59. The minimum Gasteiger partial charge on any atom is -0.466 e. The molecule has 1 rings (SSSR count). The molecule has 0 saturated carbocycles. The van der Waals surface area contributed by atoms with Gasteiger partial charge in [0.1, 0.15) is 5.82 Å². The molecule has 0 aromatic heterocycles. The Morgan fingerprint density at radius 1 is 1.42 bits per heavy atom. The first-order valence-corrected chi connectivity index (χ1v) is 6.62. The Morgan fingerprint density at radius 2 is 2.11 bits per heavy atom. The Balaban J connectivity index is 3.01. The molecule has 0 heterocycles. The number of ether oxygens (including phenoxy) is 1. The number of aliphatic hydroxyl groups excluding tert-OH is 1. The summed E-state index contributed by atoms with van der Waals surface area (Å²) < 4.78 is 18.3. The molecule has 0 bridgehead atoms. The first kappa shape index (κ1) is 15.6. The van der Waals surface area contributed by atoms with E-state index in [-0.39, 0.29) is 6.61 Å². The Kier molecular flexibility index (Phi) is 5.96. The molecule has 0 radical (unpaired) electrons. The lowest BCUT2D eigenvalue weighted by Crippen LogP contribution is -2.25. The van der Waals surface area contributed by atoms with Crippen LogP contribution in [-0.2, 0) is 9.53 Å². The number of halogens is 1. The minimum atomic E-state index is -1.03. The minimum absolute atomic E-state index is 0.272. The molecule has 0 saturated heterocycles. The van der Waals surface area contributed by atoms with Crippen molar-refractivity contribution in [3.8, 4) is 0 Å². The lowest BCUT2D eigenvalue weighted by molar-refractivity contribution is -0.152. The number of aryl methyl sites for hydroxylation is 1. The number of rotatable bonds is 6. The van der Waals surface area contributed by atoms with E-state index < -0.39 is 23.8 Å². The van der Waals surface area contributed by atoms with Crippen LogP contribution in [-0.4, -0.2) is 17.7 Å². The van der Waals surface area contributed by atoms with Gasteiger partial charge in [-0.2, -0.15) is 0 Å². The number of carbonyl (C=O) groups is 1. The second-order valence-electron chi connectivity index (χ2n) is 4.59. The summed E-state index contributed by atoms with van der Waals surface area (Å²) in [7, 11) is 0. The van der Waals surface area contributed by atoms with Gasteiger partial charge in [-0.15, -0.1) is 0 Å². The highest BCUT2D eigenvalue weighted by Gasteiger charge is 2.29. The summed E-state index contributed by atoms with van der Waals surface area (Å²) >= 11 is 0. The van der Waals surface area contributed by atoms with E-state index in [0.29, 0.717) is 12.0 Å². The molecular formula is C15H21FO3. The summed E-state index contributed by atoms with van der Waals surface area (Å²) in [5, 5.41) is 10.3. The van der Waals surface area contributed by atoms with Crippen LogP contribution in [0.2, 0.25) is 0 Å². The van der Waals surface area contributed by atoms with Crippen LogP contribution >= 0.6 is 0 Å². The molecule has 0 aliphatic carbocycles. The molecular weight excluding hydrogens is 247 g/mol. The highest BCUT2D eigenvalue weighted by molar-refractivity contribution is 5.73. The zero-order chi connectivity index (χ0) is 14.4. The van der Waals surface area contributed by atoms with Crippen LogP contribution in [0.4, 0.5) is 4.39 Å². The maximum atomic E-state index is 13.3. The molecule has 3 nitrogen and oxygen atoms in total. The van der Waals surface area contributed by atoms with Crippen LogP contribution in [0.5, 0.6) is 0 Å². The van der Waals surface area contributed by atoms with Crippen molar-refractivity contribution in [2.45, 2.75) is 39.7 Å². The molecule has 1 N–H and O–H groups in total. The van der Waals surface area contributed by atoms with Crippen molar-refractivity contribution >= 4 is 5.97 Å². The van der Waals surface area contributed by atoms with Crippen LogP contribution in [0.3, 0.4) is 0 Å². The largest absolute Gasteiger partial charge is 0.466 e. The summed E-state index contributed by atoms with van der Waals surface area (Å²) in [5.41, 5.74) is 1.21. The van der Waals surface area contributed by atoms with E-state index in [0.717, 1.165) is 12.0 Å². The molecule has 19 heavy (non-hydrogen) atoms. The molecule has 106 valence electrons. The van der Waals surface area contributed by atoms with Crippen molar-refractivity contribution < 1.29 is 19.0 Å². The lowest BCUT2D eigenvalue weighted by Gasteiger charge is -2.22. The molecule has 2 unspecified atom stereocenters. The van der Waals surface area contributed by atoms with Crippen LogP contribution < -0.4 is 0 Å². The summed E-state index contributed by atoms with van der Waals surface area (Å²) in [6.07, 6.45) is 0.222.